The minimum atomic E-state index is -0.792. The highest BCUT2D eigenvalue weighted by molar-refractivity contribution is 5.57. The molecule has 1 aromatic carbocycles. The van der Waals surface area contributed by atoms with Crippen molar-refractivity contribution in [1.82, 2.24) is 0 Å². The van der Waals surface area contributed by atoms with Crippen LogP contribution in [0.15, 0.2) is 12.1 Å². The minimum absolute atomic E-state index is 0.0577. The molecule has 70 valence electrons. The Kier molecular flexibility index (Phi) is 2.95. The van der Waals surface area contributed by atoms with Gasteiger partial charge >= 0.3 is 0 Å². The van der Waals surface area contributed by atoms with Crippen LogP contribution < -0.4 is 4.74 Å². The van der Waals surface area contributed by atoms with Crippen LogP contribution in [0, 0.1) is 11.6 Å². The fourth-order valence-electron chi connectivity index (χ4n) is 1.08. The topological polar surface area (TPSA) is 26.3 Å². The second-order valence-electron chi connectivity index (χ2n) is 2.45. The smallest absolute Gasteiger partial charge is 0.168 e. The van der Waals surface area contributed by atoms with Gasteiger partial charge in [-0.3, -0.25) is 0 Å². The van der Waals surface area contributed by atoms with E-state index in [4.69, 9.17) is 0 Å². The van der Waals surface area contributed by atoms with Crippen molar-refractivity contribution in [3.8, 4) is 5.75 Å². The van der Waals surface area contributed by atoms with Crippen LogP contribution in [0.5, 0.6) is 5.75 Å². The molecule has 0 amide bonds. The molecule has 0 bridgehead atoms. The molecule has 0 atom stereocenters. The summed E-state index contributed by atoms with van der Waals surface area (Å²) in [5, 5.41) is 0. The van der Waals surface area contributed by atoms with Gasteiger partial charge < -0.3 is 9.53 Å². The summed E-state index contributed by atoms with van der Waals surface area (Å²) in [6.45, 7) is 0. The van der Waals surface area contributed by atoms with Crippen molar-refractivity contribution in [1.29, 1.82) is 0 Å². The third-order valence-corrected chi connectivity index (χ3v) is 1.59. The first-order valence-corrected chi connectivity index (χ1v) is 3.64. The molecule has 0 saturated heterocycles. The molecule has 1 rings (SSSR count). The zero-order valence-electron chi connectivity index (χ0n) is 7.01. The van der Waals surface area contributed by atoms with Crippen molar-refractivity contribution in [2.24, 2.45) is 0 Å². The summed E-state index contributed by atoms with van der Waals surface area (Å²) in [5.41, 5.74) is 0.218. The van der Waals surface area contributed by atoms with Crippen molar-refractivity contribution in [3.63, 3.8) is 0 Å². The Balaban J connectivity index is 3.20. The maximum absolute atomic E-state index is 13.0. The van der Waals surface area contributed by atoms with E-state index in [1.807, 2.05) is 0 Å². The van der Waals surface area contributed by atoms with Crippen LogP contribution >= 0.6 is 0 Å². The molecule has 0 aliphatic rings. The van der Waals surface area contributed by atoms with E-state index in [1.165, 1.54) is 7.11 Å². The number of methoxy groups -OCH3 is 1. The van der Waals surface area contributed by atoms with E-state index >= 15 is 0 Å². The molecule has 1 aromatic rings. The van der Waals surface area contributed by atoms with Gasteiger partial charge in [-0.2, -0.15) is 0 Å². The average Bonchev–Trinajstić information content (AvgIpc) is 2.04. The van der Waals surface area contributed by atoms with Crippen LogP contribution in [0.1, 0.15) is 5.56 Å². The standard InChI is InChI=1S/C9H8F2O2/c1-13-9-6(2-3-12)4-7(10)5-8(9)11/h3-5H,2H2,1H3. The van der Waals surface area contributed by atoms with Crippen LogP contribution in [-0.4, -0.2) is 13.4 Å². The first-order chi connectivity index (χ1) is 6.19. The Morgan fingerprint density at radius 2 is 2.15 bits per heavy atom. The fraction of sp³-hybridized carbons (Fsp3) is 0.222. The van der Waals surface area contributed by atoms with Crippen molar-refractivity contribution in [2.75, 3.05) is 7.11 Å². The number of ether oxygens (including phenoxy) is 1. The molecular weight excluding hydrogens is 178 g/mol. The lowest BCUT2D eigenvalue weighted by Crippen LogP contribution is -1.97. The maximum atomic E-state index is 13.0. The minimum Gasteiger partial charge on any atom is -0.493 e. The number of rotatable bonds is 3. The van der Waals surface area contributed by atoms with Crippen molar-refractivity contribution in [3.05, 3.63) is 29.3 Å². The highest BCUT2D eigenvalue weighted by Gasteiger charge is 2.10. The monoisotopic (exact) mass is 186 g/mol. The molecule has 0 aromatic heterocycles. The summed E-state index contributed by atoms with van der Waals surface area (Å²) < 4.78 is 30.3. The molecule has 2 nitrogen and oxygen atoms in total. The molecule has 0 saturated carbocycles. The van der Waals surface area contributed by atoms with E-state index in [9.17, 15) is 13.6 Å². The largest absolute Gasteiger partial charge is 0.493 e. The normalized spacial score (nSPS) is 9.77. The molecule has 0 heterocycles. The molecule has 0 unspecified atom stereocenters. The number of benzene rings is 1. The van der Waals surface area contributed by atoms with Crippen LogP contribution in [0.2, 0.25) is 0 Å². The second kappa shape index (κ2) is 3.98. The predicted molar refractivity (Wildman–Crippen MR) is 42.7 cm³/mol. The lowest BCUT2D eigenvalue weighted by atomic mass is 10.1. The van der Waals surface area contributed by atoms with Crippen molar-refractivity contribution >= 4 is 6.29 Å². The van der Waals surface area contributed by atoms with Gasteiger partial charge in [0.1, 0.15) is 12.1 Å². The lowest BCUT2D eigenvalue weighted by molar-refractivity contribution is -0.107. The average molecular weight is 186 g/mol. The van der Waals surface area contributed by atoms with Crippen molar-refractivity contribution < 1.29 is 18.3 Å². The van der Waals surface area contributed by atoms with Gasteiger partial charge in [-0.25, -0.2) is 8.78 Å². The van der Waals surface area contributed by atoms with E-state index in [0.29, 0.717) is 12.4 Å². The maximum Gasteiger partial charge on any atom is 0.168 e. The van der Waals surface area contributed by atoms with Gasteiger partial charge in [0.2, 0.25) is 0 Å². The molecule has 0 N–H and O–H groups in total. The van der Waals surface area contributed by atoms with Gasteiger partial charge in [0.05, 0.1) is 7.11 Å². The van der Waals surface area contributed by atoms with Gasteiger partial charge in [0.25, 0.3) is 0 Å². The number of carbonyl (C=O) groups excluding carboxylic acids is 1. The molecule has 0 aliphatic carbocycles. The Hall–Kier alpha value is -1.45. The zero-order valence-corrected chi connectivity index (χ0v) is 7.01. The molecule has 0 fully saturated rings. The Bertz CT molecular complexity index is 324. The van der Waals surface area contributed by atoms with Gasteiger partial charge in [0, 0.05) is 18.1 Å². The first-order valence-electron chi connectivity index (χ1n) is 3.64. The van der Waals surface area contributed by atoms with Crippen LogP contribution in [0.4, 0.5) is 8.78 Å². The summed E-state index contributed by atoms with van der Waals surface area (Å²) in [6.07, 6.45) is 0.509. The van der Waals surface area contributed by atoms with E-state index in [2.05, 4.69) is 4.74 Å². The van der Waals surface area contributed by atoms with Gasteiger partial charge in [0.15, 0.2) is 11.6 Å². The Labute approximate surface area is 74.1 Å². The van der Waals surface area contributed by atoms with Gasteiger partial charge in [-0.05, 0) is 6.07 Å². The number of aldehydes is 1. The summed E-state index contributed by atoms with van der Waals surface area (Å²) in [4.78, 5) is 10.2. The van der Waals surface area contributed by atoms with E-state index in [0.717, 1.165) is 6.07 Å². The van der Waals surface area contributed by atoms with Gasteiger partial charge in [-0.1, -0.05) is 0 Å². The lowest BCUT2D eigenvalue weighted by Gasteiger charge is -2.06. The highest BCUT2D eigenvalue weighted by Crippen LogP contribution is 2.23. The summed E-state index contributed by atoms with van der Waals surface area (Å²) in [7, 11) is 1.27. The number of hydrogen-bond acceptors (Lipinski definition) is 2. The van der Waals surface area contributed by atoms with E-state index < -0.39 is 11.6 Å². The molecule has 4 heteroatoms. The highest BCUT2D eigenvalue weighted by atomic mass is 19.1. The summed E-state index contributed by atoms with van der Waals surface area (Å²) in [6, 6.07) is 1.80. The van der Waals surface area contributed by atoms with Gasteiger partial charge in [-0.15, -0.1) is 0 Å². The van der Waals surface area contributed by atoms with Crippen LogP contribution in [-0.2, 0) is 11.2 Å². The van der Waals surface area contributed by atoms with E-state index in [-0.39, 0.29) is 17.7 Å². The quantitative estimate of drug-likeness (QED) is 0.672. The third-order valence-electron chi connectivity index (χ3n) is 1.59. The molecule has 0 spiro atoms. The zero-order chi connectivity index (χ0) is 9.84. The molecule has 13 heavy (non-hydrogen) atoms. The molecule has 0 aliphatic heterocycles. The third kappa shape index (κ3) is 2.02. The van der Waals surface area contributed by atoms with Crippen LogP contribution in [0.3, 0.4) is 0 Å². The van der Waals surface area contributed by atoms with Crippen molar-refractivity contribution in [2.45, 2.75) is 6.42 Å². The summed E-state index contributed by atoms with van der Waals surface area (Å²) in [5.74, 6) is -1.58. The summed E-state index contributed by atoms with van der Waals surface area (Å²) >= 11 is 0. The second-order valence-corrected chi connectivity index (χ2v) is 2.45. The molecule has 0 radical (unpaired) electrons. The first kappa shape index (κ1) is 9.64. The molecular formula is C9H8F2O2. The SMILES string of the molecule is COc1c(F)cc(F)cc1CC=O. The van der Waals surface area contributed by atoms with E-state index in [1.54, 1.807) is 0 Å². The number of carbonyl (C=O) groups is 1. The Morgan fingerprint density at radius 1 is 1.46 bits per heavy atom. The predicted octanol–water partition coefficient (Wildman–Crippen LogP) is 1.71. The number of halogens is 2. The van der Waals surface area contributed by atoms with Crippen LogP contribution in [0.25, 0.3) is 0 Å². The Morgan fingerprint density at radius 3 is 2.69 bits per heavy atom. The number of hydrogen-bond donors (Lipinski definition) is 0. The fourth-order valence-corrected chi connectivity index (χ4v) is 1.08.